The van der Waals surface area contributed by atoms with Gasteiger partial charge in [-0.3, -0.25) is 9.59 Å². The number of fused-ring (bicyclic) bond motifs is 1. The Bertz CT molecular complexity index is 1210. The number of carbonyl (C=O) groups is 2. The molecule has 1 aliphatic heterocycles. The Balaban J connectivity index is 1.55. The van der Waals surface area contributed by atoms with E-state index in [9.17, 15) is 18.4 Å². The summed E-state index contributed by atoms with van der Waals surface area (Å²) in [6, 6.07) is 13.1. The van der Waals surface area contributed by atoms with E-state index in [1.54, 1.807) is 34.4 Å². The summed E-state index contributed by atoms with van der Waals surface area (Å²) in [6.45, 7) is 4.98. The topological polar surface area (TPSA) is 49.9 Å². The molecule has 2 atom stereocenters. The first-order chi connectivity index (χ1) is 17.4. The summed E-state index contributed by atoms with van der Waals surface area (Å²) in [7, 11) is 0. The molecule has 0 saturated heterocycles. The summed E-state index contributed by atoms with van der Waals surface area (Å²) < 4.78 is 33.3. The average molecular weight is 513 g/mol. The maximum Gasteiger partial charge on any atom is 0.254 e. The lowest BCUT2D eigenvalue weighted by molar-refractivity contribution is -0.135. The molecular formula is C28H30F2N2O3S. The van der Waals surface area contributed by atoms with E-state index < -0.39 is 11.6 Å². The molecule has 4 rings (SSSR count). The van der Waals surface area contributed by atoms with Crippen molar-refractivity contribution >= 4 is 23.2 Å². The van der Waals surface area contributed by atoms with Crippen molar-refractivity contribution in [2.75, 3.05) is 26.2 Å². The summed E-state index contributed by atoms with van der Waals surface area (Å²) in [6.07, 6.45) is 1.56. The molecule has 8 heteroatoms. The van der Waals surface area contributed by atoms with Crippen LogP contribution >= 0.6 is 11.3 Å². The van der Waals surface area contributed by atoms with Crippen LogP contribution in [-0.4, -0.2) is 47.9 Å². The Hall–Kier alpha value is -3.26. The van der Waals surface area contributed by atoms with Gasteiger partial charge in [0.15, 0.2) is 0 Å². The van der Waals surface area contributed by atoms with E-state index in [-0.39, 0.29) is 42.5 Å². The summed E-state index contributed by atoms with van der Waals surface area (Å²) >= 11 is 1.64. The first-order valence-electron chi connectivity index (χ1n) is 12.1. The maximum atomic E-state index is 13.8. The Morgan fingerprint density at radius 1 is 1.14 bits per heavy atom. The second-order valence-electron chi connectivity index (χ2n) is 9.13. The minimum absolute atomic E-state index is 0.115. The van der Waals surface area contributed by atoms with Gasteiger partial charge in [0, 0.05) is 29.6 Å². The smallest absolute Gasteiger partial charge is 0.254 e. The number of amides is 2. The monoisotopic (exact) mass is 512 g/mol. The molecule has 190 valence electrons. The molecule has 0 unspecified atom stereocenters. The molecule has 2 amide bonds. The van der Waals surface area contributed by atoms with E-state index in [0.29, 0.717) is 18.8 Å². The largest absolute Gasteiger partial charge is 0.491 e. The van der Waals surface area contributed by atoms with Crippen LogP contribution in [-0.2, 0) is 11.2 Å². The highest BCUT2D eigenvalue weighted by Crippen LogP contribution is 2.34. The van der Waals surface area contributed by atoms with Gasteiger partial charge >= 0.3 is 0 Å². The molecule has 0 radical (unpaired) electrons. The summed E-state index contributed by atoms with van der Waals surface area (Å²) in [5, 5.41) is 2.00. The fraction of sp³-hybridized carbons (Fsp3) is 0.357. The second kappa shape index (κ2) is 11.6. The van der Waals surface area contributed by atoms with Gasteiger partial charge in [0.25, 0.3) is 5.91 Å². The lowest BCUT2D eigenvalue weighted by Crippen LogP contribution is -2.48. The Kier molecular flexibility index (Phi) is 8.36. The number of benzene rings is 2. The molecule has 0 saturated carbocycles. The van der Waals surface area contributed by atoms with Crippen LogP contribution in [0.5, 0.6) is 5.75 Å². The molecular weight excluding hydrogens is 482 g/mol. The van der Waals surface area contributed by atoms with Crippen LogP contribution in [0.4, 0.5) is 8.78 Å². The number of thiophene rings is 1. The fourth-order valence-electron chi connectivity index (χ4n) is 4.39. The van der Waals surface area contributed by atoms with Crippen LogP contribution in [0.3, 0.4) is 0 Å². The lowest BCUT2D eigenvalue weighted by Gasteiger charge is -2.37. The minimum atomic E-state index is -0.494. The van der Waals surface area contributed by atoms with Crippen LogP contribution in [0.1, 0.15) is 47.1 Å². The van der Waals surface area contributed by atoms with Crippen molar-refractivity contribution in [2.24, 2.45) is 5.92 Å². The van der Waals surface area contributed by atoms with Crippen molar-refractivity contribution in [1.29, 1.82) is 0 Å². The van der Waals surface area contributed by atoms with Crippen molar-refractivity contribution < 1.29 is 23.1 Å². The molecule has 0 bridgehead atoms. The number of hydrogen-bond donors (Lipinski definition) is 0. The molecule has 5 nitrogen and oxygen atoms in total. The zero-order chi connectivity index (χ0) is 25.7. The van der Waals surface area contributed by atoms with Gasteiger partial charge in [-0.25, -0.2) is 8.78 Å². The van der Waals surface area contributed by atoms with Crippen LogP contribution in [0.25, 0.3) is 0 Å². The molecule has 1 aromatic heterocycles. The highest BCUT2D eigenvalue weighted by molar-refractivity contribution is 7.10. The van der Waals surface area contributed by atoms with Gasteiger partial charge < -0.3 is 14.5 Å². The van der Waals surface area contributed by atoms with Crippen LogP contribution in [0.2, 0.25) is 0 Å². The average Bonchev–Trinajstić information content (AvgIpc) is 3.35. The van der Waals surface area contributed by atoms with Crippen LogP contribution in [0.15, 0.2) is 60.0 Å². The van der Waals surface area contributed by atoms with E-state index in [1.165, 1.54) is 40.1 Å². The molecule has 3 aromatic rings. The highest BCUT2D eigenvalue weighted by atomic mass is 32.1. The Morgan fingerprint density at radius 3 is 2.61 bits per heavy atom. The first-order valence-corrected chi connectivity index (χ1v) is 13.0. The van der Waals surface area contributed by atoms with Gasteiger partial charge in [0.1, 0.15) is 30.5 Å². The predicted molar refractivity (Wildman–Crippen MR) is 136 cm³/mol. The maximum absolute atomic E-state index is 13.8. The number of nitrogens with zero attached hydrogens (tertiary/aromatic N) is 2. The van der Waals surface area contributed by atoms with E-state index in [1.807, 2.05) is 25.3 Å². The van der Waals surface area contributed by atoms with Crippen molar-refractivity contribution in [3.8, 4) is 5.75 Å². The molecule has 0 N–H and O–H groups in total. The fourth-order valence-corrected chi connectivity index (χ4v) is 5.32. The number of rotatable bonds is 9. The normalized spacial score (nSPS) is 15.8. The summed E-state index contributed by atoms with van der Waals surface area (Å²) in [4.78, 5) is 31.4. The quantitative estimate of drug-likeness (QED) is 0.369. The van der Waals surface area contributed by atoms with Crippen molar-refractivity contribution in [3.05, 3.63) is 87.6 Å². The standard InChI is InChI=1S/C28H30F2N2O3S/c1-3-19(2)16-31(28(34)20-6-4-7-21(29)14-20)17-27(33)32-12-10-26-24(11-13-36-26)25(32)18-35-23-9-5-8-22(30)15-23/h4-9,11,13-15,19,25H,3,10,12,16-18H2,1-2H3/t19-,25+/m1/s1. The van der Waals surface area contributed by atoms with Gasteiger partial charge in [-0.1, -0.05) is 32.4 Å². The van der Waals surface area contributed by atoms with Crippen LogP contribution in [0, 0.1) is 17.6 Å². The zero-order valence-corrected chi connectivity index (χ0v) is 21.3. The molecule has 0 fully saturated rings. The third kappa shape index (κ3) is 6.10. The number of hydrogen-bond acceptors (Lipinski definition) is 4. The molecule has 0 aliphatic carbocycles. The van der Waals surface area contributed by atoms with E-state index in [0.717, 1.165) is 18.4 Å². The van der Waals surface area contributed by atoms with E-state index in [2.05, 4.69) is 0 Å². The molecule has 36 heavy (non-hydrogen) atoms. The van der Waals surface area contributed by atoms with Gasteiger partial charge in [0.05, 0.1) is 6.04 Å². The summed E-state index contributed by atoms with van der Waals surface area (Å²) in [5.74, 6) is -0.892. The van der Waals surface area contributed by atoms with Gasteiger partial charge in [-0.15, -0.1) is 11.3 Å². The van der Waals surface area contributed by atoms with Crippen molar-refractivity contribution in [3.63, 3.8) is 0 Å². The highest BCUT2D eigenvalue weighted by Gasteiger charge is 2.34. The molecule has 1 aliphatic rings. The first kappa shape index (κ1) is 25.8. The Morgan fingerprint density at radius 2 is 1.89 bits per heavy atom. The number of carbonyl (C=O) groups excluding carboxylic acids is 2. The van der Waals surface area contributed by atoms with Crippen LogP contribution < -0.4 is 4.74 Å². The number of ether oxygens (including phenoxy) is 1. The van der Waals surface area contributed by atoms with Crippen molar-refractivity contribution in [2.45, 2.75) is 32.7 Å². The van der Waals surface area contributed by atoms with E-state index >= 15 is 0 Å². The lowest BCUT2D eigenvalue weighted by atomic mass is 10.00. The third-order valence-electron chi connectivity index (χ3n) is 6.53. The SMILES string of the molecule is CC[C@@H](C)CN(CC(=O)N1CCc2sccc2[C@@H]1COc1cccc(F)c1)C(=O)c1cccc(F)c1. The van der Waals surface area contributed by atoms with E-state index in [4.69, 9.17) is 4.74 Å². The zero-order valence-electron chi connectivity index (χ0n) is 20.5. The van der Waals surface area contributed by atoms with Crippen molar-refractivity contribution in [1.82, 2.24) is 9.80 Å². The summed E-state index contributed by atoms with van der Waals surface area (Å²) in [5.41, 5.74) is 1.23. The second-order valence-corrected chi connectivity index (χ2v) is 10.1. The van der Waals surface area contributed by atoms with Gasteiger partial charge in [0.2, 0.25) is 5.91 Å². The molecule has 2 aromatic carbocycles. The molecule has 0 spiro atoms. The van der Waals surface area contributed by atoms with Gasteiger partial charge in [-0.05, 0) is 59.7 Å². The third-order valence-corrected chi connectivity index (χ3v) is 7.53. The minimum Gasteiger partial charge on any atom is -0.491 e. The Labute approximate surface area is 214 Å². The molecule has 2 heterocycles. The number of halogens is 2. The predicted octanol–water partition coefficient (Wildman–Crippen LogP) is 5.72. The van der Waals surface area contributed by atoms with Gasteiger partial charge in [-0.2, -0.15) is 0 Å².